The van der Waals surface area contributed by atoms with Gasteiger partial charge in [-0.25, -0.2) is 0 Å². The molecule has 1 aliphatic rings. The van der Waals surface area contributed by atoms with Gasteiger partial charge in [0.05, 0.1) is 5.56 Å². The molecule has 7 nitrogen and oxygen atoms in total. The third-order valence-electron chi connectivity index (χ3n) is 2.28. The molecule has 19 heavy (non-hydrogen) atoms. The molecule has 0 unspecified atom stereocenters. The Labute approximate surface area is 109 Å². The number of benzene rings is 1. The van der Waals surface area contributed by atoms with E-state index in [1.165, 1.54) is 6.92 Å². The van der Waals surface area contributed by atoms with E-state index in [1.54, 1.807) is 24.3 Å². The average Bonchev–Trinajstić information content (AvgIpc) is 2.75. The molecule has 1 aromatic rings. The fourth-order valence-electron chi connectivity index (χ4n) is 1.50. The normalized spacial score (nSPS) is 17.1. The summed E-state index contributed by atoms with van der Waals surface area (Å²) in [5, 5.41) is 15.8. The molecule has 0 spiro atoms. The highest BCUT2D eigenvalue weighted by molar-refractivity contribution is 6.48. The molecule has 0 atom stereocenters. The van der Waals surface area contributed by atoms with E-state index in [-0.39, 0.29) is 24.8 Å². The number of oxime groups is 2. The molecule has 1 heterocycles. The van der Waals surface area contributed by atoms with Crippen LogP contribution in [0.2, 0.25) is 0 Å². The lowest BCUT2D eigenvalue weighted by Crippen LogP contribution is -2.15. The van der Waals surface area contributed by atoms with Crippen molar-refractivity contribution in [1.29, 1.82) is 0 Å². The first-order chi connectivity index (χ1) is 9.22. The second-order valence-electron chi connectivity index (χ2n) is 3.62. The van der Waals surface area contributed by atoms with Crippen LogP contribution in [0.15, 0.2) is 34.6 Å². The highest BCUT2D eigenvalue weighted by atomic mass is 16.7. The van der Waals surface area contributed by atoms with Crippen molar-refractivity contribution >= 4 is 17.6 Å². The summed E-state index contributed by atoms with van der Waals surface area (Å²) in [6.07, 6.45) is 0. The Hall–Kier alpha value is -2.57. The zero-order chi connectivity index (χ0) is 13.7. The van der Waals surface area contributed by atoms with Gasteiger partial charge < -0.3 is 19.5 Å². The molecular formula is C12H12N2O5. The molecule has 0 aromatic heterocycles. The molecule has 0 bridgehead atoms. The molecule has 100 valence electrons. The molecule has 0 fully saturated rings. The van der Waals surface area contributed by atoms with E-state index in [0.717, 1.165) is 0 Å². The Balaban J connectivity index is 1.97. The minimum atomic E-state index is -0.390. The molecule has 1 aromatic carbocycles. The number of hydrogen-bond donors (Lipinski definition) is 1. The maximum absolute atomic E-state index is 10.5. The summed E-state index contributed by atoms with van der Waals surface area (Å²) in [5.74, 6) is 0.211. The summed E-state index contributed by atoms with van der Waals surface area (Å²) in [7, 11) is 0. The fourth-order valence-corrected chi connectivity index (χ4v) is 1.50. The van der Waals surface area contributed by atoms with Crippen LogP contribution in [0.1, 0.15) is 12.5 Å². The predicted molar refractivity (Wildman–Crippen MR) is 65.4 cm³/mol. The quantitative estimate of drug-likeness (QED) is 0.381. The van der Waals surface area contributed by atoms with Gasteiger partial charge in [0.15, 0.2) is 12.3 Å². The van der Waals surface area contributed by atoms with Crippen LogP contribution in [0.25, 0.3) is 0 Å². The summed E-state index contributed by atoms with van der Waals surface area (Å²) in [4.78, 5) is 15.4. The van der Waals surface area contributed by atoms with E-state index < -0.39 is 5.97 Å². The van der Waals surface area contributed by atoms with Gasteiger partial charge in [0.1, 0.15) is 12.4 Å². The minimum absolute atomic E-state index is 0.0616. The number of carbonyl (C=O) groups is 1. The number of fused-ring (bicyclic) bond motifs is 1. The van der Waals surface area contributed by atoms with Crippen molar-refractivity contribution in [3.63, 3.8) is 0 Å². The molecular weight excluding hydrogens is 252 g/mol. The zero-order valence-electron chi connectivity index (χ0n) is 10.2. The van der Waals surface area contributed by atoms with E-state index in [0.29, 0.717) is 11.3 Å². The van der Waals surface area contributed by atoms with Gasteiger partial charge in [0.25, 0.3) is 5.90 Å². The Kier molecular flexibility index (Phi) is 3.97. The van der Waals surface area contributed by atoms with Crippen molar-refractivity contribution in [3.8, 4) is 5.75 Å². The third kappa shape index (κ3) is 3.01. The molecule has 7 heteroatoms. The van der Waals surface area contributed by atoms with Crippen LogP contribution in [-0.2, 0) is 14.4 Å². The minimum Gasteiger partial charge on any atom is -0.462 e. The van der Waals surface area contributed by atoms with E-state index in [2.05, 4.69) is 15.0 Å². The van der Waals surface area contributed by atoms with Crippen molar-refractivity contribution in [3.05, 3.63) is 29.8 Å². The van der Waals surface area contributed by atoms with Crippen LogP contribution in [0, 0.1) is 0 Å². The summed E-state index contributed by atoms with van der Waals surface area (Å²) >= 11 is 0. The van der Waals surface area contributed by atoms with Gasteiger partial charge in [-0.05, 0) is 17.3 Å². The second-order valence-corrected chi connectivity index (χ2v) is 3.62. The van der Waals surface area contributed by atoms with Crippen LogP contribution in [0.4, 0.5) is 0 Å². The lowest BCUT2D eigenvalue weighted by atomic mass is 10.1. The number of nitrogens with zero attached hydrogens (tertiary/aromatic N) is 2. The van der Waals surface area contributed by atoms with Crippen molar-refractivity contribution in [2.75, 3.05) is 13.2 Å². The predicted octanol–water partition coefficient (Wildman–Crippen LogP) is 1.15. The molecule has 0 saturated heterocycles. The van der Waals surface area contributed by atoms with Gasteiger partial charge >= 0.3 is 5.97 Å². The first kappa shape index (κ1) is 12.9. The van der Waals surface area contributed by atoms with Crippen LogP contribution < -0.4 is 4.74 Å². The number of para-hydroxylation sites is 1. The lowest BCUT2D eigenvalue weighted by Gasteiger charge is -2.01. The van der Waals surface area contributed by atoms with Crippen LogP contribution >= 0.6 is 0 Å². The maximum Gasteiger partial charge on any atom is 0.302 e. The standard InChI is InChI=1S/C12H12N2O5/c1-8(15)17-6-7-18-14-12-11(13-16)9-4-2-3-5-10(9)19-12/h2-5,16H,6-7H2,1H3/b13-11-,14-12-. The maximum atomic E-state index is 10.5. The van der Waals surface area contributed by atoms with Gasteiger partial charge in [-0.2, -0.15) is 0 Å². The van der Waals surface area contributed by atoms with Gasteiger partial charge in [0, 0.05) is 6.92 Å². The van der Waals surface area contributed by atoms with Gasteiger partial charge in [-0.15, -0.1) is 0 Å². The Morgan fingerprint density at radius 1 is 1.37 bits per heavy atom. The monoisotopic (exact) mass is 264 g/mol. The summed E-state index contributed by atoms with van der Waals surface area (Å²) in [6, 6.07) is 7.05. The Morgan fingerprint density at radius 3 is 2.89 bits per heavy atom. The smallest absolute Gasteiger partial charge is 0.302 e. The van der Waals surface area contributed by atoms with E-state index in [9.17, 15) is 4.79 Å². The van der Waals surface area contributed by atoms with Crippen molar-refractivity contribution in [1.82, 2.24) is 0 Å². The van der Waals surface area contributed by atoms with E-state index >= 15 is 0 Å². The molecule has 0 radical (unpaired) electrons. The van der Waals surface area contributed by atoms with Crippen LogP contribution in [0.5, 0.6) is 5.75 Å². The molecule has 1 aliphatic heterocycles. The summed E-state index contributed by atoms with van der Waals surface area (Å²) in [5.41, 5.74) is 0.829. The van der Waals surface area contributed by atoms with Crippen LogP contribution in [-0.4, -0.2) is 36.0 Å². The molecule has 0 saturated carbocycles. The zero-order valence-corrected chi connectivity index (χ0v) is 10.2. The highest BCUT2D eigenvalue weighted by Gasteiger charge is 2.27. The molecule has 2 rings (SSSR count). The summed E-state index contributed by atoms with van der Waals surface area (Å²) in [6.45, 7) is 1.48. The van der Waals surface area contributed by atoms with Crippen LogP contribution in [0.3, 0.4) is 0 Å². The van der Waals surface area contributed by atoms with E-state index in [1.807, 2.05) is 0 Å². The number of rotatable bonds is 4. The largest absolute Gasteiger partial charge is 0.462 e. The highest BCUT2D eigenvalue weighted by Crippen LogP contribution is 2.26. The van der Waals surface area contributed by atoms with E-state index in [4.69, 9.17) is 14.8 Å². The number of hydrogen-bond acceptors (Lipinski definition) is 7. The van der Waals surface area contributed by atoms with Crippen molar-refractivity contribution < 1.29 is 24.3 Å². The second kappa shape index (κ2) is 5.85. The number of carbonyl (C=O) groups excluding carboxylic acids is 1. The third-order valence-corrected chi connectivity index (χ3v) is 2.28. The van der Waals surface area contributed by atoms with Crippen molar-refractivity contribution in [2.45, 2.75) is 6.92 Å². The summed E-state index contributed by atoms with van der Waals surface area (Å²) < 4.78 is 10.0. The fraction of sp³-hybridized carbons (Fsp3) is 0.250. The molecule has 1 N–H and O–H groups in total. The van der Waals surface area contributed by atoms with Gasteiger partial charge in [-0.3, -0.25) is 4.79 Å². The topological polar surface area (TPSA) is 89.7 Å². The Morgan fingerprint density at radius 2 is 2.16 bits per heavy atom. The Bertz CT molecular complexity index is 539. The lowest BCUT2D eigenvalue weighted by molar-refractivity contribution is -0.142. The van der Waals surface area contributed by atoms with Crippen molar-refractivity contribution in [2.24, 2.45) is 10.3 Å². The number of esters is 1. The van der Waals surface area contributed by atoms with Gasteiger partial charge in [0.2, 0.25) is 0 Å². The molecule has 0 amide bonds. The SMILES string of the molecule is CC(=O)OCCO/N=C1\Oc2ccccc2\C1=N\O. The first-order valence-corrected chi connectivity index (χ1v) is 5.55. The number of ether oxygens (including phenoxy) is 2. The molecule has 0 aliphatic carbocycles. The average molecular weight is 264 g/mol. The first-order valence-electron chi connectivity index (χ1n) is 5.55. The van der Waals surface area contributed by atoms with Gasteiger partial charge in [-0.1, -0.05) is 17.3 Å².